The molecule has 0 radical (unpaired) electrons. The van der Waals surface area contributed by atoms with E-state index in [1.54, 1.807) is 24.3 Å². The van der Waals surface area contributed by atoms with Crippen LogP contribution in [0.15, 0.2) is 97.1 Å². The van der Waals surface area contributed by atoms with Crippen molar-refractivity contribution in [2.45, 2.75) is 0 Å². The predicted octanol–water partition coefficient (Wildman–Crippen LogP) is 7.64. The molecular formula is C28H16N2O4. The highest BCUT2D eigenvalue weighted by atomic mass is 16.6. The van der Waals surface area contributed by atoms with Gasteiger partial charge in [0.1, 0.15) is 0 Å². The van der Waals surface area contributed by atoms with Gasteiger partial charge in [-0.3, -0.25) is 20.2 Å². The van der Waals surface area contributed by atoms with Crippen molar-refractivity contribution in [2.24, 2.45) is 0 Å². The minimum atomic E-state index is -0.396. The first-order valence-corrected chi connectivity index (χ1v) is 10.7. The Balaban J connectivity index is 1.48. The van der Waals surface area contributed by atoms with Gasteiger partial charge in [0, 0.05) is 24.3 Å². The van der Waals surface area contributed by atoms with Gasteiger partial charge in [-0.2, -0.15) is 0 Å². The minimum Gasteiger partial charge on any atom is -0.258 e. The third kappa shape index (κ3) is 2.97. The Kier molecular flexibility index (Phi) is 4.28. The van der Waals surface area contributed by atoms with Gasteiger partial charge in [-0.05, 0) is 85.6 Å². The summed E-state index contributed by atoms with van der Waals surface area (Å²) in [5, 5.41) is 24.3. The van der Waals surface area contributed by atoms with Crippen LogP contribution in [0.3, 0.4) is 0 Å². The molecule has 1 aliphatic rings. The van der Waals surface area contributed by atoms with Gasteiger partial charge in [0.2, 0.25) is 0 Å². The molecular weight excluding hydrogens is 428 g/mol. The van der Waals surface area contributed by atoms with Gasteiger partial charge in [0.05, 0.1) is 9.85 Å². The summed E-state index contributed by atoms with van der Waals surface area (Å²) in [6, 6.07) is 29.9. The summed E-state index contributed by atoms with van der Waals surface area (Å²) in [4.78, 5) is 21.2. The van der Waals surface area contributed by atoms with Crippen LogP contribution in [0.25, 0.3) is 55.3 Å². The molecule has 6 rings (SSSR count). The molecule has 0 spiro atoms. The number of rotatable bonds is 4. The van der Waals surface area contributed by atoms with Crippen molar-refractivity contribution in [3.63, 3.8) is 0 Å². The first-order valence-electron chi connectivity index (χ1n) is 10.7. The van der Waals surface area contributed by atoms with E-state index >= 15 is 0 Å². The number of fused-ring (bicyclic) bond motifs is 3. The van der Waals surface area contributed by atoms with Gasteiger partial charge in [-0.15, -0.1) is 0 Å². The molecule has 6 nitrogen and oxygen atoms in total. The van der Waals surface area contributed by atoms with Crippen LogP contribution in [0, 0.1) is 20.2 Å². The number of benzene rings is 5. The van der Waals surface area contributed by atoms with Crippen molar-refractivity contribution in [1.29, 1.82) is 0 Å². The Morgan fingerprint density at radius 1 is 0.471 bits per heavy atom. The summed E-state index contributed by atoms with van der Waals surface area (Å²) in [7, 11) is 0. The number of hydrogen-bond acceptors (Lipinski definition) is 4. The highest BCUT2D eigenvalue weighted by molar-refractivity contribution is 6.19. The van der Waals surface area contributed by atoms with Crippen LogP contribution in [0.1, 0.15) is 0 Å². The van der Waals surface area contributed by atoms with E-state index in [1.807, 2.05) is 12.1 Å². The topological polar surface area (TPSA) is 86.3 Å². The number of non-ortho nitro benzene ring substituents is 2. The SMILES string of the molecule is O=[N+]([O-])c1ccc(-c2ccc3c(c2)-c2cccc4c(-c5ccc([N+](=O)[O-])cc5)ccc-3c24)cc1. The number of nitro groups is 2. The molecule has 34 heavy (non-hydrogen) atoms. The van der Waals surface area contributed by atoms with E-state index in [-0.39, 0.29) is 11.4 Å². The fraction of sp³-hybridized carbons (Fsp3) is 0. The van der Waals surface area contributed by atoms with Crippen molar-refractivity contribution in [3.8, 4) is 44.5 Å². The van der Waals surface area contributed by atoms with Crippen molar-refractivity contribution >= 4 is 22.1 Å². The Morgan fingerprint density at radius 2 is 1.00 bits per heavy atom. The zero-order chi connectivity index (χ0) is 23.4. The summed E-state index contributed by atoms with van der Waals surface area (Å²) < 4.78 is 0. The molecule has 162 valence electrons. The molecule has 0 heterocycles. The molecule has 0 bridgehead atoms. The molecule has 0 unspecified atom stereocenters. The molecule has 1 aliphatic carbocycles. The van der Waals surface area contributed by atoms with Crippen molar-refractivity contribution in [3.05, 3.63) is 117 Å². The third-order valence-electron chi connectivity index (χ3n) is 6.44. The Bertz CT molecular complexity index is 1640. The van der Waals surface area contributed by atoms with E-state index in [9.17, 15) is 20.2 Å². The van der Waals surface area contributed by atoms with Crippen LogP contribution in [0.5, 0.6) is 0 Å². The highest BCUT2D eigenvalue weighted by Crippen LogP contribution is 2.50. The third-order valence-corrected chi connectivity index (χ3v) is 6.44. The maximum atomic E-state index is 11.0. The van der Waals surface area contributed by atoms with Crippen LogP contribution in [-0.4, -0.2) is 9.85 Å². The molecule has 0 saturated heterocycles. The quantitative estimate of drug-likeness (QED) is 0.206. The maximum absolute atomic E-state index is 11.0. The Morgan fingerprint density at radius 3 is 1.65 bits per heavy atom. The molecule has 0 fully saturated rings. The number of hydrogen-bond donors (Lipinski definition) is 0. The monoisotopic (exact) mass is 444 g/mol. The zero-order valence-corrected chi connectivity index (χ0v) is 17.8. The lowest BCUT2D eigenvalue weighted by atomic mass is 9.94. The van der Waals surface area contributed by atoms with Crippen LogP contribution in [0.2, 0.25) is 0 Å². The van der Waals surface area contributed by atoms with Gasteiger partial charge in [0.15, 0.2) is 0 Å². The van der Waals surface area contributed by atoms with Gasteiger partial charge in [0.25, 0.3) is 11.4 Å². The van der Waals surface area contributed by atoms with E-state index in [2.05, 4.69) is 36.4 Å². The number of nitrogens with zero attached hydrogens (tertiary/aromatic N) is 2. The van der Waals surface area contributed by atoms with Crippen LogP contribution >= 0.6 is 0 Å². The van der Waals surface area contributed by atoms with E-state index in [0.717, 1.165) is 55.3 Å². The second-order valence-electron chi connectivity index (χ2n) is 8.26. The van der Waals surface area contributed by atoms with Crippen molar-refractivity contribution in [2.75, 3.05) is 0 Å². The summed E-state index contributed by atoms with van der Waals surface area (Å²) in [6.45, 7) is 0. The lowest BCUT2D eigenvalue weighted by Crippen LogP contribution is -1.88. The van der Waals surface area contributed by atoms with Gasteiger partial charge >= 0.3 is 0 Å². The van der Waals surface area contributed by atoms with E-state index in [4.69, 9.17) is 0 Å². The fourth-order valence-electron chi connectivity index (χ4n) is 4.83. The Labute approximate surface area is 194 Å². The lowest BCUT2D eigenvalue weighted by molar-refractivity contribution is -0.385. The predicted molar refractivity (Wildman–Crippen MR) is 133 cm³/mol. The van der Waals surface area contributed by atoms with Gasteiger partial charge in [-0.25, -0.2) is 0 Å². The summed E-state index contributed by atoms with van der Waals surface area (Å²) >= 11 is 0. The van der Waals surface area contributed by atoms with E-state index < -0.39 is 9.85 Å². The first kappa shape index (κ1) is 19.8. The molecule has 0 saturated carbocycles. The van der Waals surface area contributed by atoms with Crippen LogP contribution < -0.4 is 0 Å². The molecule has 6 heteroatoms. The largest absolute Gasteiger partial charge is 0.269 e. The average Bonchev–Trinajstić information content (AvgIpc) is 3.19. The molecule has 0 aromatic heterocycles. The molecule has 5 aromatic rings. The molecule has 0 N–H and O–H groups in total. The fourth-order valence-corrected chi connectivity index (χ4v) is 4.83. The van der Waals surface area contributed by atoms with Crippen LogP contribution in [0.4, 0.5) is 11.4 Å². The van der Waals surface area contributed by atoms with E-state index in [0.29, 0.717) is 0 Å². The standard InChI is InChI=1S/C28H16N2O4/c31-29(32)20-9-4-17(5-10-20)19-8-13-23-26-15-14-22(18-6-11-21(12-7-18)30(33)34)24-2-1-3-25(28(24)26)27(23)16-19/h1-16H. The molecule has 0 amide bonds. The van der Waals surface area contributed by atoms with Gasteiger partial charge < -0.3 is 0 Å². The summed E-state index contributed by atoms with van der Waals surface area (Å²) in [5.41, 5.74) is 8.57. The first-order chi connectivity index (χ1) is 16.5. The average molecular weight is 444 g/mol. The summed E-state index contributed by atoms with van der Waals surface area (Å²) in [6.07, 6.45) is 0. The van der Waals surface area contributed by atoms with E-state index in [1.165, 1.54) is 24.3 Å². The second-order valence-corrected chi connectivity index (χ2v) is 8.26. The molecule has 5 aromatic carbocycles. The zero-order valence-electron chi connectivity index (χ0n) is 17.8. The molecule has 0 aliphatic heterocycles. The molecule has 0 atom stereocenters. The second kappa shape index (κ2) is 7.35. The smallest absolute Gasteiger partial charge is 0.258 e. The summed E-state index contributed by atoms with van der Waals surface area (Å²) in [5.74, 6) is 0. The number of nitro benzene ring substituents is 2. The van der Waals surface area contributed by atoms with Gasteiger partial charge in [-0.1, -0.05) is 42.5 Å². The maximum Gasteiger partial charge on any atom is 0.269 e. The minimum absolute atomic E-state index is 0.0702. The van der Waals surface area contributed by atoms with Crippen molar-refractivity contribution in [1.82, 2.24) is 0 Å². The normalized spacial score (nSPS) is 11.4. The highest BCUT2D eigenvalue weighted by Gasteiger charge is 2.23. The van der Waals surface area contributed by atoms with Crippen molar-refractivity contribution < 1.29 is 9.85 Å². The Hall–Kier alpha value is -4.84. The lowest BCUT2D eigenvalue weighted by Gasteiger charge is -2.09. The van der Waals surface area contributed by atoms with Crippen LogP contribution in [-0.2, 0) is 0 Å².